The summed E-state index contributed by atoms with van der Waals surface area (Å²) < 4.78 is 13.3. The molecule has 2 rings (SSSR count). The third-order valence-corrected chi connectivity index (χ3v) is 2.73. The third kappa shape index (κ3) is 3.11. The van der Waals surface area contributed by atoms with E-state index >= 15 is 0 Å². The number of nitrogens with one attached hydrogen (secondary N) is 1. The molecule has 0 unspecified atom stereocenters. The van der Waals surface area contributed by atoms with Gasteiger partial charge in [-0.1, -0.05) is 0 Å². The number of amides is 1. The molecule has 0 aliphatic carbocycles. The molecule has 0 fully saturated rings. The fraction of sp³-hybridized carbons (Fsp3) is 0.0769. The van der Waals surface area contributed by atoms with Crippen molar-refractivity contribution in [3.63, 3.8) is 0 Å². The van der Waals surface area contributed by atoms with E-state index in [1.165, 1.54) is 6.20 Å². The standard InChI is InChI=1S/C13H11FN4O3/c1-7-2-3-8(6-16-7)17-13(19)9-4-11(15)10(14)5-12(9)18(20)21/h2-6H,15H2,1H3,(H,17,19). The van der Waals surface area contributed by atoms with Crippen molar-refractivity contribution < 1.29 is 14.1 Å². The Kier molecular flexibility index (Phi) is 3.79. The fourth-order valence-corrected chi connectivity index (χ4v) is 1.65. The summed E-state index contributed by atoms with van der Waals surface area (Å²) >= 11 is 0. The molecule has 0 aliphatic heterocycles. The second-order valence-electron chi connectivity index (χ2n) is 4.29. The highest BCUT2D eigenvalue weighted by Crippen LogP contribution is 2.25. The van der Waals surface area contributed by atoms with Crippen molar-refractivity contribution in [2.75, 3.05) is 11.1 Å². The van der Waals surface area contributed by atoms with Gasteiger partial charge in [0.25, 0.3) is 11.6 Å². The minimum atomic E-state index is -0.949. The first-order valence-corrected chi connectivity index (χ1v) is 5.86. The van der Waals surface area contributed by atoms with Crippen LogP contribution in [0.5, 0.6) is 0 Å². The summed E-state index contributed by atoms with van der Waals surface area (Å²) in [6.07, 6.45) is 1.41. The Labute approximate surface area is 118 Å². The lowest BCUT2D eigenvalue weighted by atomic mass is 10.1. The average Bonchev–Trinajstić information content (AvgIpc) is 2.43. The van der Waals surface area contributed by atoms with E-state index in [9.17, 15) is 19.3 Å². The van der Waals surface area contributed by atoms with Crippen LogP contribution >= 0.6 is 0 Å². The normalized spacial score (nSPS) is 10.2. The van der Waals surface area contributed by atoms with Gasteiger partial charge in [0.2, 0.25) is 0 Å². The van der Waals surface area contributed by atoms with Gasteiger partial charge in [-0.05, 0) is 25.1 Å². The second-order valence-corrected chi connectivity index (χ2v) is 4.29. The van der Waals surface area contributed by atoms with Crippen LogP contribution in [-0.2, 0) is 0 Å². The fourth-order valence-electron chi connectivity index (χ4n) is 1.65. The number of pyridine rings is 1. The number of carbonyl (C=O) groups excluding carboxylic acids is 1. The van der Waals surface area contributed by atoms with Crippen LogP contribution in [0.25, 0.3) is 0 Å². The van der Waals surface area contributed by atoms with Crippen molar-refractivity contribution in [2.45, 2.75) is 6.92 Å². The Morgan fingerprint density at radius 2 is 2.14 bits per heavy atom. The monoisotopic (exact) mass is 290 g/mol. The summed E-state index contributed by atoms with van der Waals surface area (Å²) in [5.74, 6) is -1.71. The number of hydrogen-bond acceptors (Lipinski definition) is 5. The van der Waals surface area contributed by atoms with Crippen LogP contribution in [0.1, 0.15) is 16.1 Å². The van der Waals surface area contributed by atoms with E-state index in [4.69, 9.17) is 5.73 Å². The highest BCUT2D eigenvalue weighted by molar-refractivity contribution is 6.07. The number of halogens is 1. The van der Waals surface area contributed by atoms with Gasteiger partial charge < -0.3 is 11.1 Å². The molecule has 0 radical (unpaired) electrons. The minimum Gasteiger partial charge on any atom is -0.396 e. The van der Waals surface area contributed by atoms with Gasteiger partial charge in [-0.2, -0.15) is 0 Å². The molecule has 0 atom stereocenters. The molecule has 8 heteroatoms. The van der Waals surface area contributed by atoms with E-state index in [-0.39, 0.29) is 11.3 Å². The number of carbonyl (C=O) groups is 1. The Morgan fingerprint density at radius 3 is 2.71 bits per heavy atom. The van der Waals surface area contributed by atoms with E-state index in [1.54, 1.807) is 19.1 Å². The number of aromatic nitrogens is 1. The van der Waals surface area contributed by atoms with Crippen LogP contribution in [-0.4, -0.2) is 15.8 Å². The number of nitrogens with zero attached hydrogens (tertiary/aromatic N) is 2. The maximum Gasteiger partial charge on any atom is 0.285 e. The van der Waals surface area contributed by atoms with Gasteiger partial charge in [0, 0.05) is 5.69 Å². The molecule has 1 aromatic heterocycles. The number of benzene rings is 1. The lowest BCUT2D eigenvalue weighted by Gasteiger charge is -2.07. The molecule has 2 aromatic rings. The van der Waals surface area contributed by atoms with Crippen molar-refractivity contribution in [1.82, 2.24) is 4.98 Å². The SMILES string of the molecule is Cc1ccc(NC(=O)c2cc(N)c(F)cc2[N+](=O)[O-])cn1. The molecule has 21 heavy (non-hydrogen) atoms. The molecule has 0 saturated carbocycles. The van der Waals surface area contributed by atoms with Gasteiger partial charge in [-0.15, -0.1) is 0 Å². The van der Waals surface area contributed by atoms with Gasteiger partial charge in [0.05, 0.1) is 28.6 Å². The molecule has 1 aromatic carbocycles. The van der Waals surface area contributed by atoms with Crippen LogP contribution in [0.3, 0.4) is 0 Å². The second kappa shape index (κ2) is 5.53. The average molecular weight is 290 g/mol. The highest BCUT2D eigenvalue weighted by Gasteiger charge is 2.23. The van der Waals surface area contributed by atoms with Crippen LogP contribution in [0.4, 0.5) is 21.5 Å². The van der Waals surface area contributed by atoms with Crippen LogP contribution in [0.15, 0.2) is 30.5 Å². The molecule has 7 nitrogen and oxygen atoms in total. The Hall–Kier alpha value is -3.03. The van der Waals surface area contributed by atoms with Crippen LogP contribution in [0, 0.1) is 22.9 Å². The Bertz CT molecular complexity index is 716. The molecule has 1 heterocycles. The van der Waals surface area contributed by atoms with Crippen molar-refractivity contribution >= 4 is 23.0 Å². The Balaban J connectivity index is 2.36. The number of anilines is 2. The molecule has 0 bridgehead atoms. The predicted octanol–water partition coefficient (Wildman–Crippen LogP) is 2.27. The number of nitro groups is 1. The van der Waals surface area contributed by atoms with Gasteiger partial charge in [-0.3, -0.25) is 19.9 Å². The first-order chi connectivity index (χ1) is 9.88. The molecule has 0 spiro atoms. The lowest BCUT2D eigenvalue weighted by molar-refractivity contribution is -0.385. The van der Waals surface area contributed by atoms with E-state index < -0.39 is 22.3 Å². The topological polar surface area (TPSA) is 111 Å². The molecule has 0 saturated heterocycles. The first kappa shape index (κ1) is 14.4. The van der Waals surface area contributed by atoms with Crippen molar-refractivity contribution in [3.05, 3.63) is 57.7 Å². The first-order valence-electron chi connectivity index (χ1n) is 5.86. The van der Waals surface area contributed by atoms with E-state index in [1.807, 2.05) is 0 Å². The summed E-state index contributed by atoms with van der Waals surface area (Å²) in [7, 11) is 0. The number of rotatable bonds is 3. The maximum atomic E-state index is 13.3. The van der Waals surface area contributed by atoms with E-state index in [2.05, 4.69) is 10.3 Å². The minimum absolute atomic E-state index is 0.320. The zero-order valence-corrected chi connectivity index (χ0v) is 11.0. The summed E-state index contributed by atoms with van der Waals surface area (Å²) in [6.45, 7) is 1.77. The van der Waals surface area contributed by atoms with Crippen LogP contribution < -0.4 is 11.1 Å². The summed E-state index contributed by atoms with van der Waals surface area (Å²) in [4.78, 5) is 26.1. The smallest absolute Gasteiger partial charge is 0.285 e. The van der Waals surface area contributed by atoms with Gasteiger partial charge in [-0.25, -0.2) is 4.39 Å². The third-order valence-electron chi connectivity index (χ3n) is 2.73. The molecule has 3 N–H and O–H groups in total. The van der Waals surface area contributed by atoms with E-state index in [0.717, 1.165) is 11.8 Å². The lowest BCUT2D eigenvalue weighted by Crippen LogP contribution is -2.15. The number of hydrogen-bond donors (Lipinski definition) is 2. The molecule has 108 valence electrons. The van der Waals surface area contributed by atoms with Crippen molar-refractivity contribution in [3.8, 4) is 0 Å². The summed E-state index contributed by atoms with van der Waals surface area (Å²) in [6, 6.07) is 4.82. The highest BCUT2D eigenvalue weighted by atomic mass is 19.1. The largest absolute Gasteiger partial charge is 0.396 e. The maximum absolute atomic E-state index is 13.3. The molecule has 1 amide bonds. The van der Waals surface area contributed by atoms with Gasteiger partial charge in [0.1, 0.15) is 5.56 Å². The number of nitrogens with two attached hydrogens (primary N) is 1. The molecular formula is C13H11FN4O3. The number of nitro benzene ring substituents is 1. The van der Waals surface area contributed by atoms with Crippen molar-refractivity contribution in [1.29, 1.82) is 0 Å². The molecular weight excluding hydrogens is 279 g/mol. The molecule has 0 aliphatic rings. The van der Waals surface area contributed by atoms with Gasteiger partial charge in [0.15, 0.2) is 5.82 Å². The summed E-state index contributed by atoms with van der Waals surface area (Å²) in [5.41, 5.74) is 5.16. The predicted molar refractivity (Wildman–Crippen MR) is 74.4 cm³/mol. The quantitative estimate of drug-likeness (QED) is 0.511. The summed E-state index contributed by atoms with van der Waals surface area (Å²) in [5, 5.41) is 13.3. The zero-order valence-electron chi connectivity index (χ0n) is 11.0. The number of aryl methyl sites for hydroxylation is 1. The van der Waals surface area contributed by atoms with Crippen molar-refractivity contribution in [2.24, 2.45) is 0 Å². The van der Waals surface area contributed by atoms with E-state index in [0.29, 0.717) is 11.8 Å². The zero-order chi connectivity index (χ0) is 15.6. The van der Waals surface area contributed by atoms with Gasteiger partial charge >= 0.3 is 0 Å². The number of nitrogen functional groups attached to an aromatic ring is 1. The Morgan fingerprint density at radius 1 is 1.43 bits per heavy atom. The van der Waals surface area contributed by atoms with Crippen LogP contribution in [0.2, 0.25) is 0 Å².